The van der Waals surface area contributed by atoms with E-state index in [1.54, 1.807) is 59.4 Å². The molecule has 1 saturated heterocycles. The standard InChI is InChI=1S/C27H27FN2O4/c1-19-7-10-21(17-25(19)33-2)26(31)29-13-15-30(16-14-29)27(32)23-5-3-4-6-24(23)34-18-20-8-11-22(28)12-9-20/h3-12,17H,13-16,18H2,1-2H3. The van der Waals surface area contributed by atoms with Gasteiger partial charge < -0.3 is 19.3 Å². The zero-order valence-electron chi connectivity index (χ0n) is 19.3. The number of hydrogen-bond acceptors (Lipinski definition) is 4. The van der Waals surface area contributed by atoms with E-state index in [1.807, 2.05) is 19.1 Å². The Hall–Kier alpha value is -3.87. The van der Waals surface area contributed by atoms with Crippen LogP contribution in [0.3, 0.4) is 0 Å². The van der Waals surface area contributed by atoms with Crippen LogP contribution in [0.25, 0.3) is 0 Å². The van der Waals surface area contributed by atoms with E-state index >= 15 is 0 Å². The lowest BCUT2D eigenvalue weighted by molar-refractivity contribution is 0.0532. The molecular formula is C27H27FN2O4. The van der Waals surface area contributed by atoms with Crippen LogP contribution >= 0.6 is 0 Å². The second-order valence-corrected chi connectivity index (χ2v) is 8.18. The van der Waals surface area contributed by atoms with E-state index in [0.717, 1.165) is 11.1 Å². The third-order valence-electron chi connectivity index (χ3n) is 5.93. The fraction of sp³-hybridized carbons (Fsp3) is 0.259. The number of nitrogens with zero attached hydrogens (tertiary/aromatic N) is 2. The highest BCUT2D eigenvalue weighted by atomic mass is 19.1. The lowest BCUT2D eigenvalue weighted by atomic mass is 10.1. The molecule has 0 N–H and O–H groups in total. The molecule has 7 heteroatoms. The van der Waals surface area contributed by atoms with Gasteiger partial charge in [-0.3, -0.25) is 9.59 Å². The van der Waals surface area contributed by atoms with Gasteiger partial charge in [-0.1, -0.05) is 30.3 Å². The monoisotopic (exact) mass is 462 g/mol. The lowest BCUT2D eigenvalue weighted by Gasteiger charge is -2.35. The summed E-state index contributed by atoms with van der Waals surface area (Å²) in [4.78, 5) is 29.7. The second kappa shape index (κ2) is 10.4. The number of amides is 2. The predicted octanol–water partition coefficient (Wildman–Crippen LogP) is 4.32. The topological polar surface area (TPSA) is 59.1 Å². The summed E-state index contributed by atoms with van der Waals surface area (Å²) in [7, 11) is 1.59. The van der Waals surface area contributed by atoms with Gasteiger partial charge in [0.15, 0.2) is 0 Å². The van der Waals surface area contributed by atoms with E-state index in [1.165, 1.54) is 12.1 Å². The van der Waals surface area contributed by atoms with Crippen LogP contribution < -0.4 is 9.47 Å². The Morgan fingerprint density at radius 2 is 1.50 bits per heavy atom. The third-order valence-corrected chi connectivity index (χ3v) is 5.93. The first-order valence-corrected chi connectivity index (χ1v) is 11.2. The summed E-state index contributed by atoms with van der Waals surface area (Å²) in [6.45, 7) is 3.91. The lowest BCUT2D eigenvalue weighted by Crippen LogP contribution is -2.50. The molecule has 1 fully saturated rings. The van der Waals surface area contributed by atoms with Crippen molar-refractivity contribution in [3.8, 4) is 11.5 Å². The maximum Gasteiger partial charge on any atom is 0.257 e. The van der Waals surface area contributed by atoms with Gasteiger partial charge in [-0.2, -0.15) is 0 Å². The summed E-state index contributed by atoms with van der Waals surface area (Å²) < 4.78 is 24.3. The van der Waals surface area contributed by atoms with Crippen LogP contribution in [0.4, 0.5) is 4.39 Å². The van der Waals surface area contributed by atoms with Crippen LogP contribution in [0.5, 0.6) is 11.5 Å². The first kappa shape index (κ1) is 23.3. The van der Waals surface area contributed by atoms with Gasteiger partial charge in [0.05, 0.1) is 12.7 Å². The first-order valence-electron chi connectivity index (χ1n) is 11.2. The second-order valence-electron chi connectivity index (χ2n) is 8.18. The molecular weight excluding hydrogens is 435 g/mol. The smallest absolute Gasteiger partial charge is 0.257 e. The Labute approximate surface area is 198 Å². The van der Waals surface area contributed by atoms with Gasteiger partial charge in [-0.25, -0.2) is 4.39 Å². The number of rotatable bonds is 6. The van der Waals surface area contributed by atoms with Crippen molar-refractivity contribution in [2.45, 2.75) is 13.5 Å². The van der Waals surface area contributed by atoms with Crippen molar-refractivity contribution >= 4 is 11.8 Å². The fourth-order valence-electron chi connectivity index (χ4n) is 3.93. The normalized spacial score (nSPS) is 13.5. The molecule has 0 spiro atoms. The summed E-state index contributed by atoms with van der Waals surface area (Å²) in [5, 5.41) is 0. The van der Waals surface area contributed by atoms with Crippen LogP contribution in [0.2, 0.25) is 0 Å². The highest BCUT2D eigenvalue weighted by Crippen LogP contribution is 2.23. The predicted molar refractivity (Wildman–Crippen MR) is 127 cm³/mol. The quantitative estimate of drug-likeness (QED) is 0.548. The molecule has 2 amide bonds. The number of hydrogen-bond donors (Lipinski definition) is 0. The van der Waals surface area contributed by atoms with Crippen LogP contribution in [0.1, 0.15) is 31.8 Å². The molecule has 34 heavy (non-hydrogen) atoms. The molecule has 0 bridgehead atoms. The molecule has 0 saturated carbocycles. The molecule has 176 valence electrons. The summed E-state index contributed by atoms with van der Waals surface area (Å²) in [5.74, 6) is 0.629. The van der Waals surface area contributed by atoms with E-state index in [0.29, 0.717) is 48.8 Å². The van der Waals surface area contributed by atoms with Gasteiger partial charge in [0.1, 0.15) is 23.9 Å². The molecule has 0 radical (unpaired) electrons. The van der Waals surface area contributed by atoms with Crippen molar-refractivity contribution in [2.24, 2.45) is 0 Å². The maximum atomic E-state index is 13.2. The molecule has 4 rings (SSSR count). The minimum atomic E-state index is -0.307. The number of ether oxygens (including phenoxy) is 2. The minimum Gasteiger partial charge on any atom is -0.496 e. The molecule has 1 heterocycles. The number of aryl methyl sites for hydroxylation is 1. The highest BCUT2D eigenvalue weighted by Gasteiger charge is 2.27. The molecule has 1 aliphatic rings. The van der Waals surface area contributed by atoms with E-state index < -0.39 is 0 Å². The summed E-state index contributed by atoms with van der Waals surface area (Å²) in [6, 6.07) is 18.6. The van der Waals surface area contributed by atoms with Gasteiger partial charge in [-0.15, -0.1) is 0 Å². The van der Waals surface area contributed by atoms with Crippen LogP contribution in [0.15, 0.2) is 66.7 Å². The molecule has 3 aromatic carbocycles. The molecule has 0 aliphatic carbocycles. The molecule has 3 aromatic rings. The number of halogens is 1. The van der Waals surface area contributed by atoms with E-state index in [4.69, 9.17) is 9.47 Å². The Bertz CT molecular complexity index is 1170. The van der Waals surface area contributed by atoms with Gasteiger partial charge in [0.2, 0.25) is 0 Å². The number of piperazine rings is 1. The van der Waals surface area contributed by atoms with Gasteiger partial charge >= 0.3 is 0 Å². The van der Waals surface area contributed by atoms with Crippen molar-refractivity contribution < 1.29 is 23.5 Å². The van der Waals surface area contributed by atoms with Crippen molar-refractivity contribution in [1.82, 2.24) is 9.80 Å². The fourth-order valence-corrected chi connectivity index (χ4v) is 3.93. The number of para-hydroxylation sites is 1. The Balaban J connectivity index is 1.39. The summed E-state index contributed by atoms with van der Waals surface area (Å²) in [6.07, 6.45) is 0. The number of methoxy groups -OCH3 is 1. The average Bonchev–Trinajstić information content (AvgIpc) is 2.88. The Morgan fingerprint density at radius 3 is 2.18 bits per heavy atom. The Kier molecular flexibility index (Phi) is 7.11. The van der Waals surface area contributed by atoms with Crippen molar-refractivity contribution in [2.75, 3.05) is 33.3 Å². The maximum absolute atomic E-state index is 13.2. The SMILES string of the molecule is COc1cc(C(=O)N2CCN(C(=O)c3ccccc3OCc3ccc(F)cc3)CC2)ccc1C. The summed E-state index contributed by atoms with van der Waals surface area (Å²) >= 11 is 0. The highest BCUT2D eigenvalue weighted by molar-refractivity contribution is 5.98. The molecule has 1 aliphatic heterocycles. The minimum absolute atomic E-state index is 0.0755. The van der Waals surface area contributed by atoms with Gasteiger partial charge in [0.25, 0.3) is 11.8 Å². The number of carbonyl (C=O) groups is 2. The Morgan fingerprint density at radius 1 is 0.853 bits per heavy atom. The largest absolute Gasteiger partial charge is 0.496 e. The summed E-state index contributed by atoms with van der Waals surface area (Å²) in [5.41, 5.74) is 2.81. The van der Waals surface area contributed by atoms with Gasteiger partial charge in [-0.05, 0) is 54.4 Å². The average molecular weight is 463 g/mol. The van der Waals surface area contributed by atoms with Crippen LogP contribution in [0, 0.1) is 12.7 Å². The first-order chi connectivity index (χ1) is 16.5. The zero-order valence-corrected chi connectivity index (χ0v) is 19.3. The molecule has 6 nitrogen and oxygen atoms in total. The van der Waals surface area contributed by atoms with Crippen molar-refractivity contribution in [3.63, 3.8) is 0 Å². The number of benzene rings is 3. The number of carbonyl (C=O) groups excluding carboxylic acids is 2. The third kappa shape index (κ3) is 5.20. The molecule has 0 aromatic heterocycles. The van der Waals surface area contributed by atoms with E-state index in [2.05, 4.69) is 0 Å². The van der Waals surface area contributed by atoms with Crippen LogP contribution in [-0.2, 0) is 6.61 Å². The van der Waals surface area contributed by atoms with Crippen LogP contribution in [-0.4, -0.2) is 54.9 Å². The van der Waals surface area contributed by atoms with Crippen molar-refractivity contribution in [3.05, 3.63) is 94.8 Å². The van der Waals surface area contributed by atoms with Gasteiger partial charge in [0, 0.05) is 31.7 Å². The van der Waals surface area contributed by atoms with E-state index in [9.17, 15) is 14.0 Å². The molecule has 0 atom stereocenters. The van der Waals surface area contributed by atoms with E-state index in [-0.39, 0.29) is 24.2 Å². The van der Waals surface area contributed by atoms with Crippen molar-refractivity contribution in [1.29, 1.82) is 0 Å². The molecule has 0 unspecified atom stereocenters. The zero-order chi connectivity index (χ0) is 24.1.